The molecule has 1 amide bonds. The van der Waals surface area contributed by atoms with Crippen LogP contribution in [0.3, 0.4) is 0 Å². The minimum absolute atomic E-state index is 0.122. The van der Waals surface area contributed by atoms with Gasteiger partial charge in [0, 0.05) is 35.9 Å². The van der Waals surface area contributed by atoms with Crippen LogP contribution in [0.25, 0.3) is 11.0 Å². The second kappa shape index (κ2) is 9.09. The molecule has 2 aromatic heterocycles. The van der Waals surface area contributed by atoms with Gasteiger partial charge in [-0.3, -0.25) is 9.78 Å². The molecule has 4 rings (SSSR count). The lowest BCUT2D eigenvalue weighted by molar-refractivity contribution is 0.0951. The molecule has 0 unspecified atom stereocenters. The number of imidazole rings is 1. The van der Waals surface area contributed by atoms with Crippen molar-refractivity contribution < 1.29 is 4.79 Å². The molecule has 152 valence electrons. The molecule has 30 heavy (non-hydrogen) atoms. The van der Waals surface area contributed by atoms with Gasteiger partial charge in [0.2, 0.25) is 0 Å². The maximum atomic E-state index is 12.7. The highest BCUT2D eigenvalue weighted by Gasteiger charge is 2.15. The van der Waals surface area contributed by atoms with Gasteiger partial charge in [0.1, 0.15) is 5.82 Å². The summed E-state index contributed by atoms with van der Waals surface area (Å²) in [7, 11) is 0. The molecule has 1 N–H and O–H groups in total. The van der Waals surface area contributed by atoms with Gasteiger partial charge >= 0.3 is 0 Å². The minimum Gasteiger partial charge on any atom is -0.348 e. The van der Waals surface area contributed by atoms with Gasteiger partial charge in [0.25, 0.3) is 5.91 Å². The molecule has 2 aromatic carbocycles. The number of rotatable bonds is 7. The molecule has 4 aromatic rings. The van der Waals surface area contributed by atoms with E-state index in [1.165, 1.54) is 0 Å². The van der Waals surface area contributed by atoms with Gasteiger partial charge in [-0.05, 0) is 47.9 Å². The molecule has 0 aliphatic heterocycles. The summed E-state index contributed by atoms with van der Waals surface area (Å²) in [5.74, 6) is 0.878. The fraction of sp³-hybridized carbons (Fsp3) is 0.208. The monoisotopic (exact) mass is 418 g/mol. The zero-order chi connectivity index (χ0) is 20.9. The number of nitrogens with one attached hydrogen (secondary N) is 1. The summed E-state index contributed by atoms with van der Waals surface area (Å²) in [6.45, 7) is 3.19. The summed E-state index contributed by atoms with van der Waals surface area (Å²) in [4.78, 5) is 21.6. The number of carbonyl (C=O) groups excluding carboxylic acids is 1. The Labute approximate surface area is 180 Å². The van der Waals surface area contributed by atoms with Gasteiger partial charge in [0.15, 0.2) is 0 Å². The van der Waals surface area contributed by atoms with E-state index in [-0.39, 0.29) is 5.91 Å². The minimum atomic E-state index is -0.122. The molecule has 0 aliphatic rings. The number of amides is 1. The largest absolute Gasteiger partial charge is 0.348 e. The summed E-state index contributed by atoms with van der Waals surface area (Å²) < 4.78 is 2.16. The van der Waals surface area contributed by atoms with Gasteiger partial charge in [-0.15, -0.1) is 0 Å². The highest BCUT2D eigenvalue weighted by molar-refractivity contribution is 6.31. The average Bonchev–Trinajstić information content (AvgIpc) is 3.11. The molecule has 2 heterocycles. The molecule has 0 bridgehead atoms. The first kappa shape index (κ1) is 20.1. The molecule has 0 radical (unpaired) electrons. The summed E-state index contributed by atoms with van der Waals surface area (Å²) in [6.07, 6.45) is 5.32. The number of halogens is 1. The Morgan fingerprint density at radius 2 is 2.00 bits per heavy atom. The third-order valence-electron chi connectivity index (χ3n) is 5.03. The molecular weight excluding hydrogens is 396 g/mol. The maximum Gasteiger partial charge on any atom is 0.251 e. The van der Waals surface area contributed by atoms with Crippen molar-refractivity contribution in [1.82, 2.24) is 19.9 Å². The SMILES string of the molecule is CCCc1nc2ccc(C(=O)NCc3cccnc3)cc2n1Cc1ccccc1Cl. The van der Waals surface area contributed by atoms with Crippen molar-refractivity contribution in [2.75, 3.05) is 0 Å². The van der Waals surface area contributed by atoms with Crippen LogP contribution in [0.2, 0.25) is 5.02 Å². The number of fused-ring (bicyclic) bond motifs is 1. The van der Waals surface area contributed by atoms with Crippen molar-refractivity contribution in [3.05, 3.63) is 94.5 Å². The molecule has 0 saturated carbocycles. The molecule has 0 fully saturated rings. The quantitative estimate of drug-likeness (QED) is 0.458. The number of hydrogen-bond donors (Lipinski definition) is 1. The van der Waals surface area contributed by atoms with E-state index >= 15 is 0 Å². The van der Waals surface area contributed by atoms with Crippen LogP contribution >= 0.6 is 11.6 Å². The van der Waals surface area contributed by atoms with E-state index in [4.69, 9.17) is 16.6 Å². The van der Waals surface area contributed by atoms with Crippen molar-refractivity contribution >= 4 is 28.5 Å². The van der Waals surface area contributed by atoms with E-state index < -0.39 is 0 Å². The molecule has 6 heteroatoms. The molecule has 5 nitrogen and oxygen atoms in total. The van der Waals surface area contributed by atoms with Crippen LogP contribution in [0.4, 0.5) is 0 Å². The maximum absolute atomic E-state index is 12.7. The molecule has 0 aliphatic carbocycles. The first-order valence-corrected chi connectivity index (χ1v) is 10.4. The van der Waals surface area contributed by atoms with Crippen LogP contribution < -0.4 is 5.32 Å². The van der Waals surface area contributed by atoms with Crippen LogP contribution in [0.15, 0.2) is 67.0 Å². The van der Waals surface area contributed by atoms with Gasteiger partial charge in [-0.25, -0.2) is 4.98 Å². The van der Waals surface area contributed by atoms with E-state index in [9.17, 15) is 4.79 Å². The molecule has 0 saturated heterocycles. The number of carbonyl (C=O) groups is 1. The topological polar surface area (TPSA) is 59.8 Å². The lowest BCUT2D eigenvalue weighted by Gasteiger charge is -2.11. The summed E-state index contributed by atoms with van der Waals surface area (Å²) in [6, 6.07) is 17.3. The summed E-state index contributed by atoms with van der Waals surface area (Å²) in [5.41, 5.74) is 4.42. The van der Waals surface area contributed by atoms with Gasteiger partial charge in [0.05, 0.1) is 17.6 Å². The summed E-state index contributed by atoms with van der Waals surface area (Å²) in [5, 5.41) is 3.69. The number of benzene rings is 2. The van der Waals surface area contributed by atoms with Crippen LogP contribution in [0.5, 0.6) is 0 Å². The van der Waals surface area contributed by atoms with Crippen molar-refractivity contribution in [2.45, 2.75) is 32.9 Å². The third kappa shape index (κ3) is 4.36. The van der Waals surface area contributed by atoms with Crippen LogP contribution in [0, 0.1) is 0 Å². The van der Waals surface area contributed by atoms with Crippen LogP contribution in [-0.2, 0) is 19.5 Å². The Kier molecular flexibility index (Phi) is 6.10. The van der Waals surface area contributed by atoms with E-state index in [1.807, 2.05) is 54.6 Å². The first-order chi connectivity index (χ1) is 14.7. The van der Waals surface area contributed by atoms with Crippen LogP contribution in [0.1, 0.15) is 40.7 Å². The Morgan fingerprint density at radius 3 is 2.77 bits per heavy atom. The van der Waals surface area contributed by atoms with E-state index in [1.54, 1.807) is 12.4 Å². The fourth-order valence-corrected chi connectivity index (χ4v) is 3.68. The van der Waals surface area contributed by atoms with Crippen molar-refractivity contribution in [2.24, 2.45) is 0 Å². The van der Waals surface area contributed by atoms with E-state index in [0.717, 1.165) is 45.8 Å². The average molecular weight is 419 g/mol. The smallest absolute Gasteiger partial charge is 0.251 e. The Balaban J connectivity index is 1.65. The van der Waals surface area contributed by atoms with Crippen molar-refractivity contribution in [3.63, 3.8) is 0 Å². The lowest BCUT2D eigenvalue weighted by atomic mass is 10.1. The molecule has 0 atom stereocenters. The van der Waals surface area contributed by atoms with Crippen LogP contribution in [-0.4, -0.2) is 20.4 Å². The second-order valence-electron chi connectivity index (χ2n) is 7.20. The standard InChI is InChI=1S/C24H23ClN4O/c1-2-6-23-28-21-11-10-18(24(30)27-15-17-7-5-12-26-14-17)13-22(21)29(23)16-19-8-3-4-9-20(19)25/h3-5,7-14H,2,6,15-16H2,1H3,(H,27,30). The third-order valence-corrected chi connectivity index (χ3v) is 5.39. The zero-order valence-electron chi connectivity index (χ0n) is 16.8. The Morgan fingerprint density at radius 1 is 1.13 bits per heavy atom. The van der Waals surface area contributed by atoms with Gasteiger partial charge in [-0.2, -0.15) is 0 Å². The first-order valence-electron chi connectivity index (χ1n) is 10.1. The van der Waals surface area contributed by atoms with Crippen molar-refractivity contribution in [1.29, 1.82) is 0 Å². The predicted molar refractivity (Wildman–Crippen MR) is 120 cm³/mol. The predicted octanol–water partition coefficient (Wildman–Crippen LogP) is 5.02. The summed E-state index contributed by atoms with van der Waals surface area (Å²) >= 11 is 6.40. The van der Waals surface area contributed by atoms with Crippen molar-refractivity contribution in [3.8, 4) is 0 Å². The highest BCUT2D eigenvalue weighted by Crippen LogP contribution is 2.23. The number of aromatic nitrogens is 3. The van der Waals surface area contributed by atoms with E-state index in [2.05, 4.69) is 21.8 Å². The van der Waals surface area contributed by atoms with Gasteiger partial charge in [-0.1, -0.05) is 42.8 Å². The Hall–Kier alpha value is -3.18. The number of pyridine rings is 1. The molecule has 0 spiro atoms. The van der Waals surface area contributed by atoms with Gasteiger partial charge < -0.3 is 9.88 Å². The highest BCUT2D eigenvalue weighted by atomic mass is 35.5. The molecular formula is C24H23ClN4O. The number of aryl methyl sites for hydroxylation is 1. The van der Waals surface area contributed by atoms with E-state index in [0.29, 0.717) is 18.7 Å². The fourth-order valence-electron chi connectivity index (χ4n) is 3.49. The normalized spacial score (nSPS) is 11.0. The lowest BCUT2D eigenvalue weighted by Crippen LogP contribution is -2.22. The Bertz CT molecular complexity index is 1170. The number of hydrogen-bond acceptors (Lipinski definition) is 3. The zero-order valence-corrected chi connectivity index (χ0v) is 17.6. The second-order valence-corrected chi connectivity index (χ2v) is 7.61. The number of nitrogens with zero attached hydrogens (tertiary/aromatic N) is 3.